The lowest BCUT2D eigenvalue weighted by molar-refractivity contribution is -0.138. The second-order valence-corrected chi connectivity index (χ2v) is 15.2. The van der Waals surface area contributed by atoms with Crippen LogP contribution >= 0.6 is 0 Å². The van der Waals surface area contributed by atoms with Gasteiger partial charge in [-0.25, -0.2) is 0 Å². The number of carbonyl (C=O) groups excluding carboxylic acids is 4. The molecule has 0 radical (unpaired) electrons. The largest absolute Gasteiger partial charge is 0.504 e. The Balaban J connectivity index is 1.16. The van der Waals surface area contributed by atoms with Crippen LogP contribution in [0.1, 0.15) is 35.4 Å². The van der Waals surface area contributed by atoms with Crippen molar-refractivity contribution < 1.29 is 33.8 Å². The van der Waals surface area contributed by atoms with Gasteiger partial charge in [-0.05, 0) is 85.3 Å². The lowest BCUT2D eigenvalue weighted by Crippen LogP contribution is -2.53. The number of hydrogen-bond donors (Lipinski definition) is 2. The number of phenolic OH excluding ortho intramolecular Hbond substituents is 1. The topological polar surface area (TPSA) is 129 Å². The van der Waals surface area contributed by atoms with Crippen LogP contribution in [0.3, 0.4) is 0 Å². The Labute approximate surface area is 319 Å². The number of nitrogens with one attached hydrogen (secondary N) is 1. The van der Waals surface area contributed by atoms with Gasteiger partial charge < -0.3 is 19.5 Å². The summed E-state index contributed by atoms with van der Waals surface area (Å²) in [7, 11) is 1.46. The van der Waals surface area contributed by atoms with E-state index in [-0.39, 0.29) is 29.7 Å². The summed E-state index contributed by atoms with van der Waals surface area (Å²) < 4.78 is 11.1. The minimum Gasteiger partial charge on any atom is -0.504 e. The van der Waals surface area contributed by atoms with Crippen molar-refractivity contribution >= 4 is 40.7 Å². The summed E-state index contributed by atoms with van der Waals surface area (Å²) in [5.74, 6) is -4.72. The van der Waals surface area contributed by atoms with E-state index in [1.54, 1.807) is 12.1 Å². The van der Waals surface area contributed by atoms with Crippen LogP contribution in [0.2, 0.25) is 0 Å². The highest BCUT2D eigenvalue weighted by atomic mass is 16.5. The van der Waals surface area contributed by atoms with Crippen molar-refractivity contribution in [2.24, 2.45) is 23.7 Å². The second-order valence-electron chi connectivity index (χ2n) is 15.2. The minimum absolute atomic E-state index is 0.0649. The van der Waals surface area contributed by atoms with Crippen LogP contribution in [0.15, 0.2) is 109 Å². The van der Waals surface area contributed by atoms with Crippen LogP contribution in [-0.2, 0) is 29.3 Å². The maximum absolute atomic E-state index is 15.3. The highest BCUT2D eigenvalue weighted by Crippen LogP contribution is 2.64. The van der Waals surface area contributed by atoms with Gasteiger partial charge in [-0.3, -0.25) is 29.5 Å². The number of aromatic hydroxyl groups is 1. The van der Waals surface area contributed by atoms with E-state index < -0.39 is 46.8 Å². The number of rotatable bonds is 7. The van der Waals surface area contributed by atoms with Crippen LogP contribution in [0.25, 0.3) is 0 Å². The molecule has 4 aromatic rings. The number of imide groups is 2. The van der Waals surface area contributed by atoms with Gasteiger partial charge in [0.15, 0.2) is 11.5 Å². The molecule has 11 nitrogen and oxygen atoms in total. The summed E-state index contributed by atoms with van der Waals surface area (Å²) in [5, 5.41) is 11.8. The molecule has 3 heterocycles. The second kappa shape index (κ2) is 13.4. The highest BCUT2D eigenvalue weighted by molar-refractivity contribution is 6.22. The molecule has 9 rings (SSSR count). The van der Waals surface area contributed by atoms with E-state index >= 15 is 4.79 Å². The summed E-state index contributed by atoms with van der Waals surface area (Å²) in [4.78, 5) is 62.8. The van der Waals surface area contributed by atoms with E-state index in [2.05, 4.69) is 10.3 Å². The number of fused-ring (bicyclic) bond motifs is 4. The molecule has 0 spiro atoms. The number of anilines is 3. The van der Waals surface area contributed by atoms with Crippen LogP contribution in [0, 0.1) is 30.6 Å². The van der Waals surface area contributed by atoms with Crippen molar-refractivity contribution in [1.82, 2.24) is 5.01 Å². The van der Waals surface area contributed by atoms with Gasteiger partial charge in [0.25, 0.3) is 11.8 Å². The summed E-state index contributed by atoms with van der Waals surface area (Å²) in [6, 6.07) is 29.4. The molecule has 11 heteroatoms. The van der Waals surface area contributed by atoms with Gasteiger partial charge in [-0.2, -0.15) is 5.01 Å². The van der Waals surface area contributed by atoms with Crippen LogP contribution < -0.4 is 20.0 Å². The normalized spacial score (nSPS) is 27.4. The zero-order chi connectivity index (χ0) is 38.0. The van der Waals surface area contributed by atoms with E-state index in [1.807, 2.05) is 91.9 Å². The zero-order valence-corrected chi connectivity index (χ0v) is 30.7. The Hall–Kier alpha value is -5.94. The SMILES string of the molecule is COc1cc(C2C3=CCC4C(=O)N(c5ccc(N6CCOCC6)cc5)C(=O)C4C3CC3C(=O)N(Nc4ccc(C)cc4)C(=O)C32c2ccccc2)ccc1O. The van der Waals surface area contributed by atoms with Gasteiger partial charge in [0, 0.05) is 24.7 Å². The molecule has 6 unspecified atom stereocenters. The molecule has 2 aliphatic carbocycles. The first-order chi connectivity index (χ1) is 26.7. The molecule has 5 aliphatic rings. The number of benzene rings is 4. The van der Waals surface area contributed by atoms with Crippen molar-refractivity contribution in [2.45, 2.75) is 31.1 Å². The van der Waals surface area contributed by atoms with Gasteiger partial charge in [0.05, 0.1) is 54.9 Å². The number of amides is 4. The Morgan fingerprint density at radius 3 is 2.24 bits per heavy atom. The summed E-state index contributed by atoms with van der Waals surface area (Å²) in [6.45, 7) is 4.78. The molecule has 0 aromatic heterocycles. The molecule has 4 amide bonds. The molecule has 2 N–H and O–H groups in total. The van der Waals surface area contributed by atoms with Gasteiger partial charge >= 0.3 is 0 Å². The number of carbonyl (C=O) groups is 4. The van der Waals surface area contributed by atoms with E-state index in [0.717, 1.165) is 34.9 Å². The van der Waals surface area contributed by atoms with E-state index in [9.17, 15) is 19.5 Å². The Bertz CT molecular complexity index is 2220. The number of allylic oxidation sites excluding steroid dienone is 2. The lowest BCUT2D eigenvalue weighted by atomic mass is 9.49. The number of methoxy groups -OCH3 is 1. The van der Waals surface area contributed by atoms with Crippen molar-refractivity contribution in [3.8, 4) is 11.5 Å². The Morgan fingerprint density at radius 1 is 0.818 bits per heavy atom. The molecule has 0 bridgehead atoms. The van der Waals surface area contributed by atoms with Crippen molar-refractivity contribution in [1.29, 1.82) is 0 Å². The first-order valence-electron chi connectivity index (χ1n) is 18.9. The van der Waals surface area contributed by atoms with Crippen LogP contribution in [-0.4, -0.2) is 67.2 Å². The third kappa shape index (κ3) is 5.35. The third-order valence-electron chi connectivity index (χ3n) is 12.4. The predicted molar refractivity (Wildman–Crippen MR) is 205 cm³/mol. The van der Waals surface area contributed by atoms with E-state index in [4.69, 9.17) is 9.47 Å². The lowest BCUT2D eigenvalue weighted by Gasteiger charge is -2.50. The predicted octanol–water partition coefficient (Wildman–Crippen LogP) is 5.74. The van der Waals surface area contributed by atoms with Crippen LogP contribution in [0.4, 0.5) is 17.1 Å². The molecular weight excluding hydrogens is 697 g/mol. The molecule has 280 valence electrons. The van der Waals surface area contributed by atoms with Crippen molar-refractivity contribution in [2.75, 3.05) is 48.6 Å². The monoisotopic (exact) mass is 738 g/mol. The fraction of sp³-hybridized carbons (Fsp3) is 0.318. The van der Waals surface area contributed by atoms with Gasteiger partial charge in [-0.15, -0.1) is 0 Å². The minimum atomic E-state index is -1.42. The Morgan fingerprint density at radius 2 is 1.53 bits per heavy atom. The number of hydrazine groups is 1. The summed E-state index contributed by atoms with van der Waals surface area (Å²) >= 11 is 0. The maximum Gasteiger partial charge on any atom is 0.260 e. The third-order valence-corrected chi connectivity index (χ3v) is 12.4. The number of nitrogens with zero attached hydrogens (tertiary/aromatic N) is 3. The Kier molecular flexibility index (Phi) is 8.49. The molecular formula is C44H42N4O7. The molecule has 1 saturated carbocycles. The van der Waals surface area contributed by atoms with Crippen molar-refractivity contribution in [3.63, 3.8) is 0 Å². The highest BCUT2D eigenvalue weighted by Gasteiger charge is 2.70. The number of hydrogen-bond acceptors (Lipinski definition) is 9. The molecule has 3 aliphatic heterocycles. The molecule has 4 fully saturated rings. The van der Waals surface area contributed by atoms with Gasteiger partial charge in [0.2, 0.25) is 11.8 Å². The quantitative estimate of drug-likeness (QED) is 0.180. The number of morpholine rings is 1. The average molecular weight is 739 g/mol. The first-order valence-corrected chi connectivity index (χ1v) is 18.9. The van der Waals surface area contributed by atoms with E-state index in [0.29, 0.717) is 42.1 Å². The maximum atomic E-state index is 15.3. The summed E-state index contributed by atoms with van der Waals surface area (Å²) in [6.07, 6.45) is 2.52. The number of ether oxygens (including phenoxy) is 2. The average Bonchev–Trinajstić information content (AvgIpc) is 3.60. The van der Waals surface area contributed by atoms with Gasteiger partial charge in [-0.1, -0.05) is 65.7 Å². The fourth-order valence-electron chi connectivity index (χ4n) is 9.88. The van der Waals surface area contributed by atoms with Gasteiger partial charge in [0.1, 0.15) is 0 Å². The summed E-state index contributed by atoms with van der Waals surface area (Å²) in [5.41, 5.74) is 6.99. The molecule has 4 aromatic carbocycles. The molecule has 3 saturated heterocycles. The fourth-order valence-corrected chi connectivity index (χ4v) is 9.88. The standard InChI is InChI=1S/C44H42N4O7/c1-26-8-11-29(12-9-26)45-48-41(51)35-25-34-32(39(27-10-19-36(49)37(24-27)54-2)44(35,43(48)53)28-6-4-3-5-7-28)17-18-33-38(34)42(52)47(40(33)50)31-15-13-30(14-16-31)46-20-22-55-23-21-46/h3-17,19,24,33-35,38-39,45,49H,18,20-23,25H2,1-2H3. The molecule has 6 atom stereocenters. The van der Waals surface area contributed by atoms with Crippen molar-refractivity contribution in [3.05, 3.63) is 125 Å². The zero-order valence-electron chi connectivity index (χ0n) is 30.7. The number of aryl methyl sites for hydroxylation is 1. The van der Waals surface area contributed by atoms with E-state index in [1.165, 1.54) is 18.1 Å². The molecule has 55 heavy (non-hydrogen) atoms. The smallest absolute Gasteiger partial charge is 0.260 e. The number of phenols is 1. The first kappa shape index (κ1) is 34.8. The van der Waals surface area contributed by atoms with Crippen LogP contribution in [0.5, 0.6) is 11.5 Å².